The zero-order valence-electron chi connectivity index (χ0n) is 10.5. The summed E-state index contributed by atoms with van der Waals surface area (Å²) in [7, 11) is -4.20. The van der Waals surface area contributed by atoms with Gasteiger partial charge in [0.15, 0.2) is 0 Å². The molecule has 0 aliphatic heterocycles. The lowest BCUT2D eigenvalue weighted by Crippen LogP contribution is -2.34. The fourth-order valence-electron chi connectivity index (χ4n) is 1.64. The number of nitrogens with two attached hydrogens (primary N) is 1. The highest BCUT2D eigenvalue weighted by molar-refractivity contribution is 7.89. The molecule has 1 rings (SSSR count). The first-order valence-corrected chi connectivity index (χ1v) is 6.92. The minimum Gasteiger partial charge on any atom is -0.326 e. The number of rotatable bonds is 4. The second-order valence-electron chi connectivity index (χ2n) is 4.19. The Hall–Kier alpha value is -1.12. The summed E-state index contributed by atoms with van der Waals surface area (Å²) in [5.74, 6) is 0. The average Bonchev–Trinajstić information content (AvgIpc) is 2.25. The van der Waals surface area contributed by atoms with Gasteiger partial charge in [-0.25, -0.2) is 13.1 Å². The normalized spacial score (nSPS) is 12.7. The van der Waals surface area contributed by atoms with Crippen LogP contribution in [0.4, 0.5) is 13.2 Å². The van der Waals surface area contributed by atoms with Gasteiger partial charge in [-0.1, -0.05) is 6.07 Å². The van der Waals surface area contributed by atoms with Crippen LogP contribution in [-0.2, 0) is 16.6 Å². The van der Waals surface area contributed by atoms with E-state index in [0.29, 0.717) is 11.1 Å². The summed E-state index contributed by atoms with van der Waals surface area (Å²) < 4.78 is 61.4. The van der Waals surface area contributed by atoms with Gasteiger partial charge in [0.2, 0.25) is 10.0 Å². The Morgan fingerprint density at radius 3 is 2.26 bits per heavy atom. The second-order valence-corrected chi connectivity index (χ2v) is 5.92. The Morgan fingerprint density at radius 2 is 1.79 bits per heavy atom. The molecule has 0 aliphatic rings. The van der Waals surface area contributed by atoms with E-state index in [1.165, 1.54) is 17.7 Å². The number of aryl methyl sites for hydroxylation is 2. The fraction of sp³-hybridized carbons (Fsp3) is 0.455. The van der Waals surface area contributed by atoms with E-state index in [1.807, 2.05) is 0 Å². The molecule has 0 fully saturated rings. The Morgan fingerprint density at radius 1 is 1.21 bits per heavy atom. The highest BCUT2D eigenvalue weighted by atomic mass is 32.2. The maximum absolute atomic E-state index is 12.1. The van der Waals surface area contributed by atoms with E-state index >= 15 is 0 Å². The van der Waals surface area contributed by atoms with Crippen molar-refractivity contribution in [3.8, 4) is 0 Å². The van der Waals surface area contributed by atoms with E-state index in [-0.39, 0.29) is 11.4 Å². The molecule has 3 N–H and O–H groups in total. The van der Waals surface area contributed by atoms with Crippen LogP contribution in [0.15, 0.2) is 17.0 Å². The molecule has 0 aliphatic carbocycles. The highest BCUT2D eigenvalue weighted by Gasteiger charge is 2.30. The first kappa shape index (κ1) is 15.9. The number of alkyl halides is 3. The van der Waals surface area contributed by atoms with E-state index in [1.54, 1.807) is 13.0 Å². The van der Waals surface area contributed by atoms with Crippen molar-refractivity contribution in [1.82, 2.24) is 4.72 Å². The van der Waals surface area contributed by atoms with Crippen molar-refractivity contribution in [2.24, 2.45) is 5.73 Å². The van der Waals surface area contributed by atoms with Gasteiger partial charge in [0.05, 0.1) is 4.90 Å². The van der Waals surface area contributed by atoms with Crippen LogP contribution in [0.3, 0.4) is 0 Å². The van der Waals surface area contributed by atoms with Crippen LogP contribution in [0, 0.1) is 13.8 Å². The Balaban J connectivity index is 3.14. The lowest BCUT2D eigenvalue weighted by Gasteiger charge is -2.13. The fourth-order valence-corrected chi connectivity index (χ4v) is 2.93. The van der Waals surface area contributed by atoms with Crippen LogP contribution in [0.1, 0.15) is 16.7 Å². The molecule has 8 heteroatoms. The highest BCUT2D eigenvalue weighted by Crippen LogP contribution is 2.21. The van der Waals surface area contributed by atoms with Crippen LogP contribution in [0.2, 0.25) is 0 Å². The van der Waals surface area contributed by atoms with Gasteiger partial charge >= 0.3 is 6.18 Å². The Kier molecular flexibility index (Phi) is 4.59. The molecule has 4 nitrogen and oxygen atoms in total. The monoisotopic (exact) mass is 296 g/mol. The molecule has 0 bridgehead atoms. The molecule has 0 spiro atoms. The van der Waals surface area contributed by atoms with E-state index in [0.717, 1.165) is 5.56 Å². The molecule has 1 aromatic rings. The maximum atomic E-state index is 12.1. The zero-order valence-corrected chi connectivity index (χ0v) is 11.3. The van der Waals surface area contributed by atoms with Crippen molar-refractivity contribution >= 4 is 10.0 Å². The topological polar surface area (TPSA) is 72.2 Å². The van der Waals surface area contributed by atoms with Crippen LogP contribution >= 0.6 is 0 Å². The Bertz CT molecular complexity index is 568. The summed E-state index contributed by atoms with van der Waals surface area (Å²) >= 11 is 0. The third-order valence-corrected chi connectivity index (χ3v) is 4.15. The van der Waals surface area contributed by atoms with E-state index in [4.69, 9.17) is 5.73 Å². The SMILES string of the molecule is Cc1cc(C)c(S(=O)(=O)NCC(F)(F)F)cc1CN. The van der Waals surface area contributed by atoms with Gasteiger partial charge < -0.3 is 5.73 Å². The van der Waals surface area contributed by atoms with Gasteiger partial charge in [-0.3, -0.25) is 0 Å². The zero-order chi connectivity index (χ0) is 14.8. The molecule has 0 amide bonds. The summed E-state index contributed by atoms with van der Waals surface area (Å²) in [5, 5.41) is 0. The quantitative estimate of drug-likeness (QED) is 0.886. The summed E-state index contributed by atoms with van der Waals surface area (Å²) in [5.41, 5.74) is 7.22. The van der Waals surface area contributed by atoms with E-state index in [2.05, 4.69) is 0 Å². The summed E-state index contributed by atoms with van der Waals surface area (Å²) in [6.07, 6.45) is -4.59. The van der Waals surface area contributed by atoms with Gasteiger partial charge in [0, 0.05) is 6.54 Å². The molecular formula is C11H15F3N2O2S. The number of halogens is 3. The van der Waals surface area contributed by atoms with Gasteiger partial charge in [-0.05, 0) is 36.6 Å². The smallest absolute Gasteiger partial charge is 0.326 e. The van der Waals surface area contributed by atoms with Crippen molar-refractivity contribution in [2.45, 2.75) is 31.5 Å². The summed E-state index contributed by atoms with van der Waals surface area (Å²) in [6.45, 7) is 1.80. The second kappa shape index (κ2) is 5.48. The lowest BCUT2D eigenvalue weighted by atomic mass is 10.1. The van der Waals surface area contributed by atoms with Crippen molar-refractivity contribution < 1.29 is 21.6 Å². The summed E-state index contributed by atoms with van der Waals surface area (Å²) in [4.78, 5) is -0.178. The van der Waals surface area contributed by atoms with Crippen LogP contribution in [0.25, 0.3) is 0 Å². The van der Waals surface area contributed by atoms with Crippen molar-refractivity contribution in [3.63, 3.8) is 0 Å². The molecule has 0 atom stereocenters. The number of sulfonamides is 1. The predicted molar refractivity (Wildman–Crippen MR) is 65.1 cm³/mol. The van der Waals surface area contributed by atoms with Gasteiger partial charge in [0.1, 0.15) is 6.54 Å². The molecule has 0 saturated carbocycles. The number of hydrogen-bond donors (Lipinski definition) is 2. The lowest BCUT2D eigenvalue weighted by molar-refractivity contribution is -0.121. The predicted octanol–water partition coefficient (Wildman–Crippen LogP) is 1.60. The first-order chi connectivity index (χ1) is 8.57. The van der Waals surface area contributed by atoms with Crippen LogP contribution < -0.4 is 10.5 Å². The third kappa shape index (κ3) is 4.19. The van der Waals surface area contributed by atoms with Crippen LogP contribution in [0.5, 0.6) is 0 Å². The van der Waals surface area contributed by atoms with Crippen molar-refractivity contribution in [2.75, 3.05) is 6.54 Å². The number of nitrogens with one attached hydrogen (secondary N) is 1. The molecule has 0 saturated heterocycles. The molecule has 0 radical (unpaired) electrons. The average molecular weight is 296 g/mol. The van der Waals surface area contributed by atoms with Crippen LogP contribution in [-0.4, -0.2) is 21.1 Å². The van der Waals surface area contributed by atoms with E-state index < -0.39 is 22.7 Å². The first-order valence-electron chi connectivity index (χ1n) is 5.43. The Labute approximate surface area is 109 Å². The van der Waals surface area contributed by atoms with Gasteiger partial charge in [-0.2, -0.15) is 13.2 Å². The largest absolute Gasteiger partial charge is 0.402 e. The minimum atomic E-state index is -4.59. The summed E-state index contributed by atoms with van der Waals surface area (Å²) in [6, 6.07) is 2.90. The molecule has 0 unspecified atom stereocenters. The minimum absolute atomic E-state index is 0.119. The number of benzene rings is 1. The van der Waals surface area contributed by atoms with Crippen molar-refractivity contribution in [3.05, 3.63) is 28.8 Å². The van der Waals surface area contributed by atoms with Gasteiger partial charge in [-0.15, -0.1) is 0 Å². The molecular weight excluding hydrogens is 281 g/mol. The molecule has 0 heterocycles. The molecule has 0 aromatic heterocycles. The third-order valence-electron chi connectivity index (χ3n) is 2.61. The van der Waals surface area contributed by atoms with Crippen molar-refractivity contribution in [1.29, 1.82) is 0 Å². The molecule has 1 aromatic carbocycles. The standard InChI is InChI=1S/C11H15F3N2O2S/c1-7-3-8(2)10(4-9(7)5-15)19(17,18)16-6-11(12,13)14/h3-4,16H,5-6,15H2,1-2H3. The molecule has 19 heavy (non-hydrogen) atoms. The number of hydrogen-bond acceptors (Lipinski definition) is 3. The molecule has 108 valence electrons. The van der Waals surface area contributed by atoms with Gasteiger partial charge in [0.25, 0.3) is 0 Å². The maximum Gasteiger partial charge on any atom is 0.402 e. The van der Waals surface area contributed by atoms with E-state index in [9.17, 15) is 21.6 Å².